The van der Waals surface area contributed by atoms with Crippen molar-refractivity contribution in [1.82, 2.24) is 0 Å². The molecule has 0 fully saturated rings. The van der Waals surface area contributed by atoms with Gasteiger partial charge < -0.3 is 8.37 Å². The van der Waals surface area contributed by atoms with Gasteiger partial charge in [0.25, 0.3) is 0 Å². The molecule has 0 aliphatic carbocycles. The lowest BCUT2D eigenvalue weighted by Gasteiger charge is -2.08. The Labute approximate surface area is 156 Å². The lowest BCUT2D eigenvalue weighted by Crippen LogP contribution is -2.15. The Balaban J connectivity index is 0.00000301. The minimum atomic E-state index is -4.15. The third-order valence-corrected chi connectivity index (χ3v) is 4.38. The molecule has 0 saturated carbocycles. The summed E-state index contributed by atoms with van der Waals surface area (Å²) >= 11 is 0. The monoisotopic (exact) mass is 408 g/mol. The van der Waals surface area contributed by atoms with E-state index >= 15 is 0 Å². The summed E-state index contributed by atoms with van der Waals surface area (Å²) in [5.74, 6) is -0.0497. The van der Waals surface area contributed by atoms with E-state index in [4.69, 9.17) is 8.37 Å². The zero-order chi connectivity index (χ0) is 20.1. The van der Waals surface area contributed by atoms with Crippen LogP contribution in [0.15, 0.2) is 24.3 Å². The van der Waals surface area contributed by atoms with Crippen LogP contribution in [0.1, 0.15) is 39.5 Å². The summed E-state index contributed by atoms with van der Waals surface area (Å²) in [5.41, 5.74) is 0. The average molecular weight is 408 g/mol. The van der Waals surface area contributed by atoms with Crippen LogP contribution in [0.5, 0.6) is 11.5 Å². The SMILES string of the molecule is C#C.CCCCOS(=O)(=O)Oc1ccc(OS(=O)(=O)OCCCC)cc1. The molecule has 0 heterocycles. The van der Waals surface area contributed by atoms with Gasteiger partial charge in [0.1, 0.15) is 11.5 Å². The van der Waals surface area contributed by atoms with Crippen molar-refractivity contribution in [3.05, 3.63) is 24.3 Å². The van der Waals surface area contributed by atoms with Crippen LogP contribution in [0.3, 0.4) is 0 Å². The van der Waals surface area contributed by atoms with Gasteiger partial charge in [-0.3, -0.25) is 0 Å². The summed E-state index contributed by atoms with van der Waals surface area (Å²) in [6.45, 7) is 3.87. The molecule has 1 aromatic rings. The van der Waals surface area contributed by atoms with Crippen LogP contribution in [-0.4, -0.2) is 30.0 Å². The molecule has 8 nitrogen and oxygen atoms in total. The maximum atomic E-state index is 11.5. The molecule has 26 heavy (non-hydrogen) atoms. The third-order valence-electron chi connectivity index (χ3n) is 2.67. The van der Waals surface area contributed by atoms with Crippen LogP contribution >= 0.6 is 0 Å². The van der Waals surface area contributed by atoms with Gasteiger partial charge in [-0.15, -0.1) is 12.8 Å². The highest BCUT2D eigenvalue weighted by atomic mass is 32.3. The molecule has 0 aliphatic heterocycles. The molecule has 0 N–H and O–H groups in total. The van der Waals surface area contributed by atoms with E-state index in [-0.39, 0.29) is 24.7 Å². The molecular formula is C16H24O8S2. The standard InChI is InChI=1S/C14H22O8S2.C2H2/c1-3-5-11-19-23(15,16)21-13-7-9-14(10-8-13)22-24(17,18)20-12-6-4-2;1-2/h7-10H,3-6,11-12H2,1-2H3;1-2H. The minimum Gasteiger partial charge on any atom is -0.362 e. The van der Waals surface area contributed by atoms with Gasteiger partial charge in [0.15, 0.2) is 0 Å². The first-order chi connectivity index (χ1) is 12.3. The lowest BCUT2D eigenvalue weighted by molar-refractivity contribution is 0.266. The van der Waals surface area contributed by atoms with Crippen molar-refractivity contribution in [2.45, 2.75) is 39.5 Å². The zero-order valence-corrected chi connectivity index (χ0v) is 16.4. The van der Waals surface area contributed by atoms with Crippen molar-refractivity contribution < 1.29 is 33.6 Å². The predicted molar refractivity (Wildman–Crippen MR) is 97.1 cm³/mol. The molecule has 148 valence electrons. The number of terminal acetylenes is 1. The smallest absolute Gasteiger partial charge is 0.362 e. The number of hydrogen-bond acceptors (Lipinski definition) is 8. The highest BCUT2D eigenvalue weighted by Crippen LogP contribution is 2.21. The Morgan fingerprint density at radius 1 is 0.731 bits per heavy atom. The van der Waals surface area contributed by atoms with Crippen LogP contribution < -0.4 is 8.37 Å². The van der Waals surface area contributed by atoms with E-state index in [1.54, 1.807) is 0 Å². The first kappa shape index (κ1) is 24.2. The average Bonchev–Trinajstić information content (AvgIpc) is 2.58. The quantitative estimate of drug-likeness (QED) is 0.384. The Hall–Kier alpha value is -1.80. The van der Waals surface area contributed by atoms with Crippen molar-refractivity contribution in [3.8, 4) is 24.3 Å². The van der Waals surface area contributed by atoms with Crippen molar-refractivity contribution in [3.63, 3.8) is 0 Å². The second-order valence-corrected chi connectivity index (χ2v) is 7.24. The molecule has 0 atom stereocenters. The molecule has 0 unspecified atom stereocenters. The van der Waals surface area contributed by atoms with Gasteiger partial charge in [0, 0.05) is 0 Å². The predicted octanol–water partition coefficient (Wildman–Crippen LogP) is 2.82. The number of unbranched alkanes of at least 4 members (excludes halogenated alkanes) is 2. The zero-order valence-electron chi connectivity index (χ0n) is 14.8. The first-order valence-electron chi connectivity index (χ1n) is 7.89. The van der Waals surface area contributed by atoms with Crippen LogP contribution in [0.4, 0.5) is 0 Å². The van der Waals surface area contributed by atoms with Crippen LogP contribution in [0, 0.1) is 12.8 Å². The molecule has 1 rings (SSSR count). The summed E-state index contributed by atoms with van der Waals surface area (Å²) in [4.78, 5) is 0. The van der Waals surface area contributed by atoms with Gasteiger partial charge in [0.05, 0.1) is 13.2 Å². The molecule has 0 amide bonds. The van der Waals surface area contributed by atoms with E-state index in [2.05, 4.69) is 21.2 Å². The second-order valence-electron chi connectivity index (χ2n) is 4.81. The maximum absolute atomic E-state index is 11.5. The van der Waals surface area contributed by atoms with Gasteiger partial charge in [-0.1, -0.05) is 26.7 Å². The second kappa shape index (κ2) is 12.5. The van der Waals surface area contributed by atoms with Crippen LogP contribution in [0.25, 0.3) is 0 Å². The number of hydrogen-bond donors (Lipinski definition) is 0. The fraction of sp³-hybridized carbons (Fsp3) is 0.500. The van der Waals surface area contributed by atoms with E-state index in [1.807, 2.05) is 13.8 Å². The number of rotatable bonds is 12. The molecule has 0 saturated heterocycles. The van der Waals surface area contributed by atoms with Gasteiger partial charge in [-0.2, -0.15) is 16.8 Å². The first-order valence-corrected chi connectivity index (χ1v) is 10.6. The summed E-state index contributed by atoms with van der Waals surface area (Å²) in [6, 6.07) is 4.99. The summed E-state index contributed by atoms with van der Waals surface area (Å²) in [7, 11) is -8.31. The summed E-state index contributed by atoms with van der Waals surface area (Å²) in [6.07, 6.45) is 10.8. The molecule has 0 spiro atoms. The Morgan fingerprint density at radius 2 is 1.04 bits per heavy atom. The fourth-order valence-corrected chi connectivity index (χ4v) is 2.88. The fourth-order valence-electron chi connectivity index (χ4n) is 1.45. The molecule has 0 aliphatic rings. The van der Waals surface area contributed by atoms with E-state index in [0.717, 1.165) is 12.8 Å². The van der Waals surface area contributed by atoms with Gasteiger partial charge >= 0.3 is 20.8 Å². The van der Waals surface area contributed by atoms with E-state index in [9.17, 15) is 16.8 Å². The third kappa shape index (κ3) is 10.9. The minimum absolute atomic E-state index is 0.0249. The normalized spacial score (nSPS) is 11.2. The topological polar surface area (TPSA) is 105 Å². The lowest BCUT2D eigenvalue weighted by atomic mass is 10.3. The van der Waals surface area contributed by atoms with E-state index in [1.165, 1.54) is 24.3 Å². The van der Waals surface area contributed by atoms with Crippen molar-refractivity contribution >= 4 is 20.8 Å². The maximum Gasteiger partial charge on any atom is 0.449 e. The molecule has 0 bridgehead atoms. The van der Waals surface area contributed by atoms with Crippen molar-refractivity contribution in [2.24, 2.45) is 0 Å². The van der Waals surface area contributed by atoms with E-state index < -0.39 is 20.8 Å². The molecule has 0 aromatic heterocycles. The van der Waals surface area contributed by atoms with Crippen LogP contribution in [0.2, 0.25) is 0 Å². The Morgan fingerprint density at radius 3 is 1.31 bits per heavy atom. The van der Waals surface area contributed by atoms with Crippen molar-refractivity contribution in [1.29, 1.82) is 0 Å². The Kier molecular flexibility index (Phi) is 11.7. The summed E-state index contributed by atoms with van der Waals surface area (Å²) < 4.78 is 64.9. The van der Waals surface area contributed by atoms with Gasteiger partial charge in [-0.25, -0.2) is 8.37 Å². The highest BCUT2D eigenvalue weighted by Gasteiger charge is 2.16. The summed E-state index contributed by atoms with van der Waals surface area (Å²) in [5, 5.41) is 0. The Bertz CT molecular complexity index is 660. The van der Waals surface area contributed by atoms with Crippen LogP contribution in [-0.2, 0) is 29.2 Å². The number of benzene rings is 1. The molecule has 0 radical (unpaired) electrons. The van der Waals surface area contributed by atoms with Crippen molar-refractivity contribution in [2.75, 3.05) is 13.2 Å². The van der Waals surface area contributed by atoms with Gasteiger partial charge in [0.2, 0.25) is 0 Å². The molecular weight excluding hydrogens is 384 g/mol. The highest BCUT2D eigenvalue weighted by molar-refractivity contribution is 7.82. The molecule has 1 aromatic carbocycles. The van der Waals surface area contributed by atoms with Gasteiger partial charge in [-0.05, 0) is 37.1 Å². The molecule has 10 heteroatoms. The van der Waals surface area contributed by atoms with E-state index in [0.29, 0.717) is 12.8 Å². The largest absolute Gasteiger partial charge is 0.449 e.